The molecule has 14 aromatic carbocycles. The molecule has 0 heterocycles. The maximum absolute atomic E-state index is 13.1. The average Bonchev–Trinajstić information content (AvgIpc) is 0.795. The summed E-state index contributed by atoms with van der Waals surface area (Å²) in [6.45, 7) is 1.41. The van der Waals surface area contributed by atoms with Crippen molar-refractivity contribution in [2.24, 2.45) is 40.9 Å². The van der Waals surface area contributed by atoms with Crippen LogP contribution < -0.4 is 30.7 Å². The molecule has 14 rings (SSSR count). The minimum absolute atomic E-state index is 0. The number of aromatic hydroxyl groups is 8. The van der Waals surface area contributed by atoms with Crippen LogP contribution in [-0.2, 0) is 39.5 Å². The van der Waals surface area contributed by atoms with Gasteiger partial charge in [0.25, 0.3) is 17.7 Å². The SMILES string of the molecule is CC(=O)Nc1ccc(NC(=O)c2ccc(O)c(N=Nc3ccc4ccccc4c3O)c2)cc1.COc1cc(N=Nc2cc(C(=O)Nc3ccc(NC(=O)c4ccc(O)c(N=Nc5ccc6ccccc6c5O)c4)cc3)ccc2O)c(O)c2ccccc12.COc1cc(N=Nc2cc(C(=O)O)ccc2O)c(O)c2ccccc12.[Cr].[Cr]. The molecule has 0 aliphatic carbocycles. The summed E-state index contributed by atoms with van der Waals surface area (Å²) in [6.07, 6.45) is 0. The number of nitrogens with zero attached hydrogens (tertiary/aromatic N) is 8. The molecule has 0 aliphatic heterocycles. The molecule has 30 heteroatoms. The number of anilines is 4. The molecule has 0 saturated heterocycles. The number of azo groups is 4. The van der Waals surface area contributed by atoms with Crippen molar-refractivity contribution in [2.75, 3.05) is 35.5 Å². The summed E-state index contributed by atoms with van der Waals surface area (Å²) in [5, 5.41) is 141. The van der Waals surface area contributed by atoms with E-state index < -0.39 is 23.7 Å². The fourth-order valence-electron chi connectivity index (χ4n) is 11.3. The number of rotatable bonds is 18. The predicted octanol–water partition coefficient (Wildman–Crippen LogP) is 20.4. The van der Waals surface area contributed by atoms with Crippen LogP contribution >= 0.6 is 0 Å². The second-order valence-electron chi connectivity index (χ2n) is 24.4. The zero-order chi connectivity index (χ0) is 79.1. The minimum Gasteiger partial charge on any atom is -0.506 e. The Kier molecular flexibility index (Phi) is 26.4. The Morgan fingerprint density at radius 3 is 0.860 bits per heavy atom. The van der Waals surface area contributed by atoms with Gasteiger partial charge in [-0.15, -0.1) is 40.9 Å². The third-order valence-corrected chi connectivity index (χ3v) is 17.0. The summed E-state index contributed by atoms with van der Waals surface area (Å²) in [5.74, 6) is -2.83. The Bertz CT molecular complexity index is 6150. The number of carboxylic acids is 1. The van der Waals surface area contributed by atoms with Gasteiger partial charge in [-0.25, -0.2) is 4.79 Å². The second-order valence-corrected chi connectivity index (χ2v) is 24.4. The van der Waals surface area contributed by atoms with Crippen molar-refractivity contribution < 1.29 is 114 Å². The Balaban J connectivity index is 0.000000195. The molecule has 0 saturated carbocycles. The molecular weight excluding hydrogens is 1540 g/mol. The van der Waals surface area contributed by atoms with E-state index in [0.717, 1.165) is 16.2 Å². The summed E-state index contributed by atoms with van der Waals surface area (Å²) in [6, 6.07) is 67.8. The van der Waals surface area contributed by atoms with E-state index in [0.29, 0.717) is 61.2 Å². The van der Waals surface area contributed by atoms with Crippen LogP contribution in [0.3, 0.4) is 0 Å². The van der Waals surface area contributed by atoms with Crippen LogP contribution in [0, 0.1) is 0 Å². The molecule has 568 valence electrons. The molecule has 0 unspecified atom stereocenters. The number of ether oxygens (including phenoxy) is 2. The normalized spacial score (nSPS) is 11.0. The molecule has 14 aromatic rings. The number of phenolic OH excluding ortho intramolecular Hbond substituents is 8. The van der Waals surface area contributed by atoms with Crippen molar-refractivity contribution in [1.29, 1.82) is 0 Å². The molecule has 0 aromatic heterocycles. The molecule has 0 aliphatic rings. The van der Waals surface area contributed by atoms with Gasteiger partial charge in [-0.05, 0) is 144 Å². The smallest absolute Gasteiger partial charge is 0.335 e. The largest absolute Gasteiger partial charge is 0.506 e. The van der Waals surface area contributed by atoms with Crippen LogP contribution in [0.15, 0.2) is 296 Å². The number of carboxylic acid groups (broad SMARTS) is 1. The van der Waals surface area contributed by atoms with E-state index in [9.17, 15) is 64.8 Å². The van der Waals surface area contributed by atoms with Crippen LogP contribution in [0.2, 0.25) is 0 Å². The number of carbonyl (C=O) groups excluding carboxylic acids is 4. The van der Waals surface area contributed by atoms with E-state index in [2.05, 4.69) is 62.2 Å². The maximum atomic E-state index is 13.1. The second kappa shape index (κ2) is 36.9. The van der Waals surface area contributed by atoms with E-state index >= 15 is 0 Å². The van der Waals surface area contributed by atoms with Crippen LogP contribution in [0.4, 0.5) is 68.2 Å². The molecule has 4 amide bonds. The number of phenols is 8. The van der Waals surface area contributed by atoms with Gasteiger partial charge < -0.3 is 76.7 Å². The van der Waals surface area contributed by atoms with Gasteiger partial charge in [0.2, 0.25) is 5.91 Å². The van der Waals surface area contributed by atoms with Gasteiger partial charge in [0.05, 0.1) is 19.8 Å². The molecule has 0 radical (unpaired) electrons. The number of hydrogen-bond donors (Lipinski definition) is 13. The van der Waals surface area contributed by atoms with Crippen LogP contribution in [-0.4, -0.2) is 89.8 Å². The van der Waals surface area contributed by atoms with Crippen molar-refractivity contribution >= 4 is 141 Å². The van der Waals surface area contributed by atoms with Gasteiger partial charge in [-0.1, -0.05) is 109 Å². The first kappa shape index (κ1) is 81.5. The van der Waals surface area contributed by atoms with Gasteiger partial charge in [-0.2, -0.15) is 0 Å². The Morgan fingerprint density at radius 1 is 0.281 bits per heavy atom. The van der Waals surface area contributed by atoms with Gasteiger partial charge in [0.1, 0.15) is 80.0 Å². The number of nitrogens with one attached hydrogen (secondary N) is 4. The van der Waals surface area contributed by atoms with Crippen molar-refractivity contribution in [2.45, 2.75) is 6.92 Å². The first-order valence-corrected chi connectivity index (χ1v) is 33.7. The van der Waals surface area contributed by atoms with Gasteiger partial charge >= 0.3 is 5.97 Å². The zero-order valence-electron chi connectivity index (χ0n) is 60.0. The topological polar surface area (TPSA) is 433 Å². The average molecular weight is 1600 g/mol. The Hall–Kier alpha value is -15.1. The Labute approximate surface area is 669 Å². The molecule has 0 spiro atoms. The molecule has 0 fully saturated rings. The molecule has 114 heavy (non-hydrogen) atoms. The van der Waals surface area contributed by atoms with E-state index in [1.165, 1.54) is 106 Å². The fraction of sp³-hybridized carbons (Fsp3) is 0.0357. The van der Waals surface area contributed by atoms with Crippen LogP contribution in [0.25, 0.3) is 43.1 Å². The van der Waals surface area contributed by atoms with E-state index in [1.807, 2.05) is 48.5 Å². The van der Waals surface area contributed by atoms with Gasteiger partial charge in [0, 0.05) is 126 Å². The summed E-state index contributed by atoms with van der Waals surface area (Å²) in [4.78, 5) is 61.0. The van der Waals surface area contributed by atoms with Crippen LogP contribution in [0.1, 0.15) is 48.4 Å². The first-order valence-electron chi connectivity index (χ1n) is 33.7. The van der Waals surface area contributed by atoms with Crippen molar-refractivity contribution in [3.63, 3.8) is 0 Å². The van der Waals surface area contributed by atoms with Gasteiger partial charge in [-0.3, -0.25) is 19.2 Å². The summed E-state index contributed by atoms with van der Waals surface area (Å²) < 4.78 is 10.7. The van der Waals surface area contributed by atoms with Crippen molar-refractivity contribution in [1.82, 2.24) is 0 Å². The standard InChI is InChI=1S/C41H30N6O7.C25H20N4O4.C18H14N2O5.2Cr/c1-54-37-22-34(39(51)30-9-5-4-8-29(30)37)47-46-33-21-25(12-19-36(33)49)41(53)43-27-15-13-26(14-16-27)42-40(52)24-11-18-35(48)32(20-24)45-44-31-17-10-23-6-2-3-7-28(23)38(31)50;1-15(30)26-18-8-10-19(11-9-18)27-25(33)17-7-13-23(31)22(14-17)29-28-21-12-6-16-4-2-3-5-20(16)24(21)32;1-25-16-9-14(17(22)12-5-3-2-4-11(12)16)20-19-13-8-10(18(23)24)6-7-15(13)21;;/h2-22,48-51H,1H3,(H,42,52)(H,43,53);2-14,31-32H,1H3,(H,26,30)(H,27,33);2-9,21-22H,1H3,(H,23,24);;. The van der Waals surface area contributed by atoms with E-state index in [1.54, 1.807) is 121 Å². The number of carbonyl (C=O) groups is 5. The molecule has 0 bridgehead atoms. The monoisotopic (exact) mass is 1600 g/mol. The van der Waals surface area contributed by atoms with Crippen LogP contribution in [0.5, 0.6) is 57.5 Å². The maximum Gasteiger partial charge on any atom is 0.335 e. The quantitative estimate of drug-likeness (QED) is 0.0355. The van der Waals surface area contributed by atoms with Gasteiger partial charge in [0.15, 0.2) is 23.0 Å². The van der Waals surface area contributed by atoms with Crippen molar-refractivity contribution in [3.8, 4) is 57.5 Å². The number of methoxy groups -OCH3 is 2. The molecule has 28 nitrogen and oxygen atoms in total. The minimum atomic E-state index is -1.15. The summed E-state index contributed by atoms with van der Waals surface area (Å²) >= 11 is 0. The number of benzene rings is 14. The Morgan fingerprint density at radius 2 is 0.544 bits per heavy atom. The third kappa shape index (κ3) is 19.3. The molecule has 13 N–H and O–H groups in total. The number of hydrogen-bond acceptors (Lipinski definition) is 23. The van der Waals surface area contributed by atoms with E-state index in [-0.39, 0.29) is 154 Å². The molecular formula is C84H64Cr2N12O16. The third-order valence-electron chi connectivity index (χ3n) is 17.0. The van der Waals surface area contributed by atoms with Crippen molar-refractivity contribution in [3.05, 3.63) is 277 Å². The number of amides is 4. The fourth-order valence-corrected chi connectivity index (χ4v) is 11.3. The zero-order valence-corrected chi connectivity index (χ0v) is 62.6. The summed E-state index contributed by atoms with van der Waals surface area (Å²) in [7, 11) is 3.00. The summed E-state index contributed by atoms with van der Waals surface area (Å²) in [5.41, 5.74) is 3.36. The molecule has 0 atom stereocenters. The first-order chi connectivity index (χ1) is 54.1. The number of fused-ring (bicyclic) bond motifs is 4. The predicted molar refractivity (Wildman–Crippen MR) is 423 cm³/mol. The number of aromatic carboxylic acids is 1. The van der Waals surface area contributed by atoms with E-state index in [4.69, 9.17) is 14.6 Å².